The highest BCUT2D eigenvalue weighted by molar-refractivity contribution is 6.10. The predicted octanol–water partition coefficient (Wildman–Crippen LogP) is 2.15. The zero-order chi connectivity index (χ0) is 20.1. The summed E-state index contributed by atoms with van der Waals surface area (Å²) in [6.45, 7) is 4.89. The Morgan fingerprint density at radius 1 is 1.18 bits per heavy atom. The van der Waals surface area contributed by atoms with E-state index in [1.165, 1.54) is 0 Å². The van der Waals surface area contributed by atoms with Crippen LogP contribution in [0.25, 0.3) is 10.8 Å². The van der Waals surface area contributed by atoms with E-state index < -0.39 is 17.5 Å². The molecule has 0 unspecified atom stereocenters. The van der Waals surface area contributed by atoms with Gasteiger partial charge in [-0.15, -0.1) is 0 Å². The van der Waals surface area contributed by atoms with Crippen LogP contribution in [0.5, 0.6) is 0 Å². The second-order valence-electron chi connectivity index (χ2n) is 6.87. The highest BCUT2D eigenvalue weighted by Crippen LogP contribution is 2.33. The van der Waals surface area contributed by atoms with Gasteiger partial charge in [-0.1, -0.05) is 42.5 Å². The molecular formula is C21H25N3O4. The maximum atomic E-state index is 13.1. The number of nitrogens with zero attached hydrogens (tertiary/aromatic N) is 1. The highest BCUT2D eigenvalue weighted by Gasteiger charge is 2.50. The minimum Gasteiger partial charge on any atom is -0.382 e. The summed E-state index contributed by atoms with van der Waals surface area (Å²) in [4.78, 5) is 38.7. The molecule has 28 heavy (non-hydrogen) atoms. The fourth-order valence-corrected chi connectivity index (χ4v) is 3.43. The van der Waals surface area contributed by atoms with Crippen LogP contribution in [0.15, 0.2) is 42.5 Å². The molecule has 4 amide bonds. The SMILES string of the molecule is CCOCCCNC(=O)CN1C(=O)N[C@@](C)(c2cccc3ccccc23)C1=O. The first-order chi connectivity index (χ1) is 13.5. The van der Waals surface area contributed by atoms with Crippen LogP contribution in [0.4, 0.5) is 4.79 Å². The number of carbonyl (C=O) groups is 3. The van der Waals surface area contributed by atoms with E-state index in [-0.39, 0.29) is 12.5 Å². The summed E-state index contributed by atoms with van der Waals surface area (Å²) >= 11 is 0. The van der Waals surface area contributed by atoms with Crippen molar-refractivity contribution in [2.45, 2.75) is 25.8 Å². The molecular weight excluding hydrogens is 358 g/mol. The van der Waals surface area contributed by atoms with Crippen LogP contribution in [0, 0.1) is 0 Å². The lowest BCUT2D eigenvalue weighted by atomic mass is 9.88. The first-order valence-electron chi connectivity index (χ1n) is 9.44. The number of imide groups is 1. The molecule has 0 bridgehead atoms. The van der Waals surface area contributed by atoms with E-state index in [9.17, 15) is 14.4 Å². The second kappa shape index (κ2) is 8.39. The minimum absolute atomic E-state index is 0.306. The number of benzene rings is 2. The Labute approximate surface area is 164 Å². The van der Waals surface area contributed by atoms with Gasteiger partial charge in [0.2, 0.25) is 5.91 Å². The maximum Gasteiger partial charge on any atom is 0.325 e. The Morgan fingerprint density at radius 2 is 1.93 bits per heavy atom. The average Bonchev–Trinajstić information content (AvgIpc) is 2.91. The smallest absolute Gasteiger partial charge is 0.325 e. The molecule has 1 aliphatic heterocycles. The number of urea groups is 1. The van der Waals surface area contributed by atoms with Gasteiger partial charge in [0.25, 0.3) is 5.91 Å². The lowest BCUT2D eigenvalue weighted by Gasteiger charge is -2.24. The van der Waals surface area contributed by atoms with Crippen molar-refractivity contribution in [2.24, 2.45) is 0 Å². The monoisotopic (exact) mass is 383 g/mol. The van der Waals surface area contributed by atoms with E-state index in [4.69, 9.17) is 4.74 Å². The predicted molar refractivity (Wildman–Crippen MR) is 106 cm³/mol. The lowest BCUT2D eigenvalue weighted by molar-refractivity contribution is -0.134. The molecule has 2 aromatic rings. The Bertz CT molecular complexity index is 893. The summed E-state index contributed by atoms with van der Waals surface area (Å²) in [6.07, 6.45) is 0.674. The number of nitrogens with one attached hydrogen (secondary N) is 2. The molecule has 7 nitrogen and oxygen atoms in total. The highest BCUT2D eigenvalue weighted by atomic mass is 16.5. The maximum absolute atomic E-state index is 13.1. The van der Waals surface area contributed by atoms with Crippen molar-refractivity contribution in [3.05, 3.63) is 48.0 Å². The van der Waals surface area contributed by atoms with Crippen LogP contribution in [-0.2, 0) is 19.9 Å². The molecule has 2 aromatic carbocycles. The van der Waals surface area contributed by atoms with Crippen molar-refractivity contribution in [1.82, 2.24) is 15.5 Å². The van der Waals surface area contributed by atoms with Gasteiger partial charge in [0.05, 0.1) is 0 Å². The number of hydrogen-bond acceptors (Lipinski definition) is 4. The summed E-state index contributed by atoms with van der Waals surface area (Å²) in [7, 11) is 0. The van der Waals surface area contributed by atoms with Crippen molar-refractivity contribution < 1.29 is 19.1 Å². The largest absolute Gasteiger partial charge is 0.382 e. The van der Waals surface area contributed by atoms with Gasteiger partial charge in [-0.05, 0) is 36.6 Å². The molecule has 1 aliphatic rings. The van der Waals surface area contributed by atoms with E-state index in [1.807, 2.05) is 49.4 Å². The van der Waals surface area contributed by atoms with Gasteiger partial charge < -0.3 is 15.4 Å². The van der Waals surface area contributed by atoms with Crippen molar-refractivity contribution in [3.63, 3.8) is 0 Å². The summed E-state index contributed by atoms with van der Waals surface area (Å²) in [5, 5.41) is 7.35. The molecule has 0 radical (unpaired) electrons. The molecule has 1 fully saturated rings. The normalized spacial score (nSPS) is 19.1. The van der Waals surface area contributed by atoms with E-state index in [1.54, 1.807) is 6.92 Å². The molecule has 3 rings (SSSR count). The standard InChI is InChI=1S/C21H25N3O4/c1-3-28-13-7-12-22-18(25)14-24-19(26)21(2,23-20(24)27)17-11-6-9-15-8-4-5-10-16(15)17/h4-6,8-11H,3,7,12-14H2,1-2H3,(H,22,25)(H,23,27)/t21-/m0/s1. The molecule has 0 aromatic heterocycles. The third-order valence-corrected chi connectivity index (χ3v) is 4.90. The van der Waals surface area contributed by atoms with Crippen molar-refractivity contribution in [1.29, 1.82) is 0 Å². The summed E-state index contributed by atoms with van der Waals surface area (Å²) in [6, 6.07) is 12.8. The minimum atomic E-state index is -1.22. The molecule has 0 saturated carbocycles. The molecule has 7 heteroatoms. The number of carbonyl (C=O) groups excluding carboxylic acids is 3. The molecule has 1 atom stereocenters. The third kappa shape index (κ3) is 3.84. The van der Waals surface area contributed by atoms with Gasteiger partial charge in [-0.25, -0.2) is 4.79 Å². The zero-order valence-electron chi connectivity index (χ0n) is 16.2. The van der Waals surface area contributed by atoms with Crippen molar-refractivity contribution in [3.8, 4) is 0 Å². The Kier molecular flexibility index (Phi) is 5.94. The summed E-state index contributed by atoms with van der Waals surface area (Å²) < 4.78 is 5.21. The van der Waals surface area contributed by atoms with E-state index >= 15 is 0 Å². The van der Waals surface area contributed by atoms with Crippen LogP contribution < -0.4 is 10.6 Å². The number of ether oxygens (including phenoxy) is 1. The van der Waals surface area contributed by atoms with E-state index in [0.717, 1.165) is 15.7 Å². The molecule has 1 saturated heterocycles. The fraction of sp³-hybridized carbons (Fsp3) is 0.381. The first kappa shape index (κ1) is 19.8. The third-order valence-electron chi connectivity index (χ3n) is 4.90. The second-order valence-corrected chi connectivity index (χ2v) is 6.87. The van der Waals surface area contributed by atoms with Crippen molar-refractivity contribution >= 4 is 28.6 Å². The van der Waals surface area contributed by atoms with E-state index in [0.29, 0.717) is 31.7 Å². The van der Waals surface area contributed by atoms with Gasteiger partial charge >= 0.3 is 6.03 Å². The van der Waals surface area contributed by atoms with Gasteiger partial charge in [0, 0.05) is 19.8 Å². The van der Waals surface area contributed by atoms with Crippen LogP contribution in [0.3, 0.4) is 0 Å². The fourth-order valence-electron chi connectivity index (χ4n) is 3.43. The Morgan fingerprint density at radius 3 is 2.71 bits per heavy atom. The van der Waals surface area contributed by atoms with Gasteiger partial charge in [-0.3, -0.25) is 14.5 Å². The van der Waals surface area contributed by atoms with Gasteiger partial charge in [-0.2, -0.15) is 0 Å². The topological polar surface area (TPSA) is 87.7 Å². The molecule has 1 heterocycles. The van der Waals surface area contributed by atoms with E-state index in [2.05, 4.69) is 10.6 Å². The molecule has 148 valence electrons. The van der Waals surface area contributed by atoms with Gasteiger partial charge in [0.1, 0.15) is 12.1 Å². The van der Waals surface area contributed by atoms with Crippen molar-refractivity contribution in [2.75, 3.05) is 26.3 Å². The number of fused-ring (bicyclic) bond motifs is 1. The Hall–Kier alpha value is -2.93. The zero-order valence-corrected chi connectivity index (χ0v) is 16.2. The van der Waals surface area contributed by atoms with Gasteiger partial charge in [0.15, 0.2) is 0 Å². The lowest BCUT2D eigenvalue weighted by Crippen LogP contribution is -2.43. The quantitative estimate of drug-likeness (QED) is 0.540. The summed E-state index contributed by atoms with van der Waals surface area (Å²) in [5.41, 5.74) is -0.503. The summed E-state index contributed by atoms with van der Waals surface area (Å²) in [5.74, 6) is -0.805. The molecule has 0 aliphatic carbocycles. The molecule has 0 spiro atoms. The van der Waals surface area contributed by atoms with Crippen LogP contribution in [-0.4, -0.2) is 49.0 Å². The average molecular weight is 383 g/mol. The first-order valence-corrected chi connectivity index (χ1v) is 9.44. The number of amides is 4. The van der Waals surface area contributed by atoms with Crippen LogP contribution >= 0.6 is 0 Å². The van der Waals surface area contributed by atoms with Crippen LogP contribution in [0.2, 0.25) is 0 Å². The number of rotatable bonds is 8. The Balaban J connectivity index is 1.73. The molecule has 2 N–H and O–H groups in total. The number of hydrogen-bond donors (Lipinski definition) is 2. The van der Waals surface area contributed by atoms with Crippen LogP contribution in [0.1, 0.15) is 25.8 Å².